The number of carbonyl (C=O) groups is 1. The molecule has 0 fully saturated rings. The largest absolute Gasteiger partial charge is 0.477 e. The number of thiophene rings is 1. The molecule has 0 atom stereocenters. The van der Waals surface area contributed by atoms with E-state index in [9.17, 15) is 4.79 Å². The average Bonchev–Trinajstić information content (AvgIpc) is 2.72. The second kappa shape index (κ2) is 3.70. The average molecular weight is 244 g/mol. The van der Waals surface area contributed by atoms with Crippen LogP contribution in [0.4, 0.5) is 0 Å². The van der Waals surface area contributed by atoms with Crippen molar-refractivity contribution < 1.29 is 9.90 Å². The Kier molecular flexibility index (Phi) is 2.30. The molecule has 0 amide bonds. The summed E-state index contributed by atoms with van der Waals surface area (Å²) in [7, 11) is 0. The van der Waals surface area contributed by atoms with Crippen molar-refractivity contribution in [1.29, 1.82) is 0 Å². The van der Waals surface area contributed by atoms with Gasteiger partial charge in [-0.3, -0.25) is 0 Å². The van der Waals surface area contributed by atoms with Gasteiger partial charge in [-0.2, -0.15) is 0 Å². The van der Waals surface area contributed by atoms with Gasteiger partial charge in [-0.1, -0.05) is 23.8 Å². The summed E-state index contributed by atoms with van der Waals surface area (Å²) in [5, 5.41) is 9.04. The van der Waals surface area contributed by atoms with Gasteiger partial charge in [0.1, 0.15) is 4.88 Å². The lowest BCUT2D eigenvalue weighted by molar-refractivity contribution is 0.0702. The zero-order valence-electron chi connectivity index (χ0n) is 9.49. The maximum atomic E-state index is 11.0. The van der Waals surface area contributed by atoms with Crippen molar-refractivity contribution >= 4 is 17.3 Å². The molecule has 86 valence electrons. The smallest absolute Gasteiger partial charge is 0.345 e. The summed E-state index contributed by atoms with van der Waals surface area (Å²) in [6.07, 6.45) is 1.97. The van der Waals surface area contributed by atoms with Crippen LogP contribution in [-0.2, 0) is 12.8 Å². The van der Waals surface area contributed by atoms with Crippen LogP contribution in [0.25, 0.3) is 10.4 Å². The van der Waals surface area contributed by atoms with E-state index in [1.54, 1.807) is 0 Å². The second-order valence-corrected chi connectivity index (χ2v) is 5.48. The molecule has 2 aromatic rings. The third-order valence-corrected chi connectivity index (χ3v) is 4.39. The number of rotatable bonds is 1. The fourth-order valence-corrected chi connectivity index (χ4v) is 3.48. The van der Waals surface area contributed by atoms with Crippen LogP contribution in [0.15, 0.2) is 24.3 Å². The van der Waals surface area contributed by atoms with Crippen LogP contribution in [0.5, 0.6) is 0 Å². The first kappa shape index (κ1) is 10.5. The molecule has 17 heavy (non-hydrogen) atoms. The normalized spacial score (nSPS) is 13.0. The highest BCUT2D eigenvalue weighted by Crippen LogP contribution is 2.39. The first-order chi connectivity index (χ1) is 8.15. The molecule has 0 bridgehead atoms. The van der Waals surface area contributed by atoms with Gasteiger partial charge in [-0.15, -0.1) is 11.3 Å². The molecule has 3 rings (SSSR count). The minimum atomic E-state index is -0.821. The number of carboxylic acids is 1. The zero-order chi connectivity index (χ0) is 12.0. The minimum Gasteiger partial charge on any atom is -0.477 e. The Balaban J connectivity index is 2.19. The molecule has 1 aliphatic rings. The Morgan fingerprint density at radius 2 is 2.00 bits per heavy atom. The fraction of sp³-hybridized carbons (Fsp3) is 0.214. The molecule has 0 radical (unpaired) electrons. The number of fused-ring (bicyclic) bond motifs is 3. The molecule has 1 aromatic carbocycles. The van der Waals surface area contributed by atoms with E-state index in [-0.39, 0.29) is 0 Å². The summed E-state index contributed by atoms with van der Waals surface area (Å²) in [5.74, 6) is -0.821. The summed E-state index contributed by atoms with van der Waals surface area (Å²) >= 11 is 1.39. The Hall–Kier alpha value is -1.61. The number of hydrogen-bond acceptors (Lipinski definition) is 2. The zero-order valence-corrected chi connectivity index (χ0v) is 10.3. The molecule has 1 heterocycles. The molecule has 0 aliphatic heterocycles. The van der Waals surface area contributed by atoms with Crippen molar-refractivity contribution in [3.63, 3.8) is 0 Å². The third-order valence-electron chi connectivity index (χ3n) is 3.19. The molecule has 0 spiro atoms. The van der Waals surface area contributed by atoms with Crippen LogP contribution < -0.4 is 0 Å². The number of benzene rings is 1. The molecule has 0 saturated heterocycles. The van der Waals surface area contributed by atoms with E-state index in [2.05, 4.69) is 25.1 Å². The van der Waals surface area contributed by atoms with Crippen LogP contribution in [0.1, 0.15) is 26.4 Å². The lowest BCUT2D eigenvalue weighted by Crippen LogP contribution is -2.01. The Morgan fingerprint density at radius 3 is 2.76 bits per heavy atom. The standard InChI is InChI=1S/C14H12O2S/c1-8-2-5-11-9(6-8)3-4-10-7-12(14(15)16)17-13(10)11/h2,5-7H,3-4H2,1H3,(H,15,16). The van der Waals surface area contributed by atoms with E-state index in [0.717, 1.165) is 17.7 Å². The van der Waals surface area contributed by atoms with Crippen molar-refractivity contribution in [2.45, 2.75) is 19.8 Å². The van der Waals surface area contributed by atoms with E-state index in [1.165, 1.54) is 33.6 Å². The fourth-order valence-electron chi connectivity index (χ4n) is 2.37. The number of hydrogen-bond donors (Lipinski definition) is 1. The molecule has 3 heteroatoms. The van der Waals surface area contributed by atoms with Crippen LogP contribution in [0.2, 0.25) is 0 Å². The van der Waals surface area contributed by atoms with E-state index in [1.807, 2.05) is 6.07 Å². The first-order valence-corrected chi connectivity index (χ1v) is 6.42. The second-order valence-electron chi connectivity index (χ2n) is 4.43. The lowest BCUT2D eigenvalue weighted by Gasteiger charge is -2.16. The maximum Gasteiger partial charge on any atom is 0.345 e. The third kappa shape index (κ3) is 1.67. The van der Waals surface area contributed by atoms with Crippen molar-refractivity contribution in [3.8, 4) is 10.4 Å². The minimum absolute atomic E-state index is 0.448. The van der Waals surface area contributed by atoms with E-state index in [4.69, 9.17) is 5.11 Å². The number of aromatic carboxylic acids is 1. The monoisotopic (exact) mass is 244 g/mol. The van der Waals surface area contributed by atoms with Crippen molar-refractivity contribution in [2.24, 2.45) is 0 Å². The van der Waals surface area contributed by atoms with Gasteiger partial charge in [0.25, 0.3) is 0 Å². The van der Waals surface area contributed by atoms with Crippen LogP contribution in [0, 0.1) is 6.92 Å². The van der Waals surface area contributed by atoms with Crippen molar-refractivity contribution in [1.82, 2.24) is 0 Å². The highest BCUT2D eigenvalue weighted by Gasteiger charge is 2.21. The lowest BCUT2D eigenvalue weighted by atomic mass is 9.90. The summed E-state index contributed by atoms with van der Waals surface area (Å²) in [6.45, 7) is 2.09. The summed E-state index contributed by atoms with van der Waals surface area (Å²) in [4.78, 5) is 12.6. The van der Waals surface area contributed by atoms with Gasteiger partial charge in [-0.05, 0) is 42.5 Å². The Bertz CT molecular complexity index is 611. The Labute approximate surface area is 104 Å². The van der Waals surface area contributed by atoms with E-state index >= 15 is 0 Å². The first-order valence-electron chi connectivity index (χ1n) is 5.61. The van der Waals surface area contributed by atoms with Gasteiger partial charge in [0.15, 0.2) is 0 Å². The topological polar surface area (TPSA) is 37.3 Å². The molecule has 0 saturated carbocycles. The van der Waals surface area contributed by atoms with Crippen molar-refractivity contribution in [2.75, 3.05) is 0 Å². The number of aryl methyl sites for hydroxylation is 3. The molecule has 2 nitrogen and oxygen atoms in total. The van der Waals surface area contributed by atoms with E-state index in [0.29, 0.717) is 4.88 Å². The van der Waals surface area contributed by atoms with Gasteiger partial charge in [0.2, 0.25) is 0 Å². The van der Waals surface area contributed by atoms with Gasteiger partial charge < -0.3 is 5.11 Å². The van der Waals surface area contributed by atoms with Gasteiger partial charge in [-0.25, -0.2) is 4.79 Å². The Morgan fingerprint density at radius 1 is 1.24 bits per heavy atom. The van der Waals surface area contributed by atoms with Crippen LogP contribution >= 0.6 is 11.3 Å². The highest BCUT2D eigenvalue weighted by molar-refractivity contribution is 7.17. The quantitative estimate of drug-likeness (QED) is 0.833. The number of carboxylic acid groups (broad SMARTS) is 1. The maximum absolute atomic E-state index is 11.0. The van der Waals surface area contributed by atoms with Crippen molar-refractivity contribution in [3.05, 3.63) is 45.8 Å². The summed E-state index contributed by atoms with van der Waals surface area (Å²) < 4.78 is 0. The summed E-state index contributed by atoms with van der Waals surface area (Å²) in [6, 6.07) is 8.24. The summed E-state index contributed by atoms with van der Waals surface area (Å²) in [5.41, 5.74) is 5.01. The molecule has 1 aliphatic carbocycles. The van der Waals surface area contributed by atoms with Crippen LogP contribution in [0.3, 0.4) is 0 Å². The molecular formula is C14H12O2S. The molecule has 0 unspecified atom stereocenters. The molecule has 1 aromatic heterocycles. The van der Waals surface area contributed by atoms with Gasteiger partial charge in [0, 0.05) is 4.88 Å². The SMILES string of the molecule is Cc1ccc2c(c1)CCc1cc(C(=O)O)sc1-2. The molecular weight excluding hydrogens is 232 g/mol. The van der Waals surface area contributed by atoms with Crippen LogP contribution in [-0.4, -0.2) is 11.1 Å². The van der Waals surface area contributed by atoms with E-state index < -0.39 is 5.97 Å². The molecule has 1 N–H and O–H groups in total. The highest BCUT2D eigenvalue weighted by atomic mass is 32.1. The van der Waals surface area contributed by atoms with Gasteiger partial charge >= 0.3 is 5.97 Å². The predicted molar refractivity (Wildman–Crippen MR) is 68.9 cm³/mol. The predicted octanol–water partition coefficient (Wildman–Crippen LogP) is 3.52. The van der Waals surface area contributed by atoms with Gasteiger partial charge in [0.05, 0.1) is 0 Å².